The molecule has 4 rings (SSSR count). The molecule has 1 aliphatic rings. The Labute approximate surface area is 143 Å². The Bertz CT molecular complexity index is 956. The molecule has 1 aliphatic heterocycles. The van der Waals surface area contributed by atoms with E-state index >= 15 is 0 Å². The number of aryl methyl sites for hydroxylation is 1. The van der Waals surface area contributed by atoms with Gasteiger partial charge in [0.15, 0.2) is 5.72 Å². The Morgan fingerprint density at radius 3 is 2.74 bits per heavy atom. The fraction of sp³-hybridized carbons (Fsp3) is 0.222. The van der Waals surface area contributed by atoms with E-state index in [4.69, 9.17) is 9.73 Å². The Balaban J connectivity index is 2.02. The molecule has 23 heavy (non-hydrogen) atoms. The molecule has 2 aromatic carbocycles. The molecule has 5 heteroatoms. The highest BCUT2D eigenvalue weighted by molar-refractivity contribution is 9.10. The van der Waals surface area contributed by atoms with Crippen LogP contribution in [-0.4, -0.2) is 21.1 Å². The zero-order chi connectivity index (χ0) is 16.2. The van der Waals surface area contributed by atoms with Gasteiger partial charge in [-0.25, -0.2) is 9.98 Å². The van der Waals surface area contributed by atoms with Gasteiger partial charge in [0.1, 0.15) is 23.4 Å². The zero-order valence-corrected chi connectivity index (χ0v) is 14.8. The summed E-state index contributed by atoms with van der Waals surface area (Å²) in [5.41, 5.74) is 3.42. The van der Waals surface area contributed by atoms with E-state index in [0.29, 0.717) is 0 Å². The van der Waals surface area contributed by atoms with Gasteiger partial charge in [-0.3, -0.25) is 4.57 Å². The van der Waals surface area contributed by atoms with Crippen molar-refractivity contribution < 1.29 is 4.74 Å². The first kappa shape index (κ1) is 14.5. The molecule has 4 nitrogen and oxygen atoms in total. The van der Waals surface area contributed by atoms with Crippen molar-refractivity contribution in [2.45, 2.75) is 26.5 Å². The van der Waals surface area contributed by atoms with Crippen molar-refractivity contribution in [3.8, 4) is 5.75 Å². The van der Waals surface area contributed by atoms with E-state index in [0.717, 1.165) is 38.2 Å². The normalized spacial score (nSPS) is 15.9. The van der Waals surface area contributed by atoms with Crippen molar-refractivity contribution in [2.24, 2.45) is 4.99 Å². The molecule has 0 saturated heterocycles. The summed E-state index contributed by atoms with van der Waals surface area (Å²) in [4.78, 5) is 9.35. The number of aliphatic imine (C=N–C) groups is 1. The summed E-state index contributed by atoms with van der Waals surface area (Å²) in [5.74, 6) is 1.75. The number of para-hydroxylation sites is 2. The molecule has 0 amide bonds. The third-order valence-electron chi connectivity index (χ3n) is 3.94. The maximum atomic E-state index is 6.08. The van der Waals surface area contributed by atoms with Gasteiger partial charge in [-0.05, 0) is 60.5 Å². The second kappa shape index (κ2) is 4.93. The number of hydrogen-bond acceptors (Lipinski definition) is 3. The van der Waals surface area contributed by atoms with Gasteiger partial charge >= 0.3 is 0 Å². The van der Waals surface area contributed by atoms with Gasteiger partial charge in [-0.2, -0.15) is 0 Å². The van der Waals surface area contributed by atoms with Gasteiger partial charge in [0.25, 0.3) is 0 Å². The molecule has 0 N–H and O–H groups in total. The van der Waals surface area contributed by atoms with Gasteiger partial charge in [0, 0.05) is 4.47 Å². The van der Waals surface area contributed by atoms with Crippen molar-refractivity contribution in [3.05, 3.63) is 58.3 Å². The van der Waals surface area contributed by atoms with Crippen molar-refractivity contribution in [1.82, 2.24) is 9.55 Å². The molecule has 0 atom stereocenters. The fourth-order valence-corrected chi connectivity index (χ4v) is 3.37. The highest BCUT2D eigenvalue weighted by Gasteiger charge is 2.30. The van der Waals surface area contributed by atoms with E-state index in [2.05, 4.69) is 33.9 Å². The van der Waals surface area contributed by atoms with Crippen LogP contribution in [0.1, 0.15) is 25.0 Å². The second-order valence-electron chi connectivity index (χ2n) is 6.16. The quantitative estimate of drug-likeness (QED) is 0.583. The number of halogens is 1. The minimum absolute atomic E-state index is 0.614. The Hall–Kier alpha value is -2.14. The average molecular weight is 370 g/mol. The van der Waals surface area contributed by atoms with Crippen LogP contribution in [0, 0.1) is 6.92 Å². The van der Waals surface area contributed by atoms with Crippen LogP contribution in [0.4, 0.5) is 0 Å². The Kier molecular flexibility index (Phi) is 3.10. The molecule has 0 unspecified atom stereocenters. The molecule has 0 bridgehead atoms. The Morgan fingerprint density at radius 1 is 1.13 bits per heavy atom. The van der Waals surface area contributed by atoms with E-state index < -0.39 is 5.72 Å². The van der Waals surface area contributed by atoms with Crippen LogP contribution in [-0.2, 0) is 0 Å². The van der Waals surface area contributed by atoms with Gasteiger partial charge < -0.3 is 4.74 Å². The van der Waals surface area contributed by atoms with E-state index in [-0.39, 0.29) is 0 Å². The van der Waals surface area contributed by atoms with Crippen LogP contribution < -0.4 is 4.74 Å². The van der Waals surface area contributed by atoms with Gasteiger partial charge in [-0.15, -0.1) is 0 Å². The van der Waals surface area contributed by atoms with E-state index in [1.807, 2.05) is 55.1 Å². The van der Waals surface area contributed by atoms with Crippen molar-refractivity contribution >= 4 is 32.8 Å². The van der Waals surface area contributed by atoms with Crippen LogP contribution in [0.3, 0.4) is 0 Å². The summed E-state index contributed by atoms with van der Waals surface area (Å²) in [6.45, 7) is 6.00. The number of hydrogen-bond donors (Lipinski definition) is 0. The number of nitrogens with zero attached hydrogens (tertiary/aromatic N) is 3. The lowest BCUT2D eigenvalue weighted by molar-refractivity contribution is 0.113. The summed E-state index contributed by atoms with van der Waals surface area (Å²) in [6, 6.07) is 12.2. The zero-order valence-electron chi connectivity index (χ0n) is 13.2. The molecule has 116 valence electrons. The van der Waals surface area contributed by atoms with E-state index in [1.54, 1.807) is 0 Å². The molecule has 0 aliphatic carbocycles. The number of fused-ring (bicyclic) bond motifs is 2. The summed E-state index contributed by atoms with van der Waals surface area (Å²) in [5, 5.41) is 0. The molecular formula is C18H16BrN3O. The van der Waals surface area contributed by atoms with Crippen molar-refractivity contribution in [2.75, 3.05) is 0 Å². The van der Waals surface area contributed by atoms with Crippen LogP contribution >= 0.6 is 15.9 Å². The minimum Gasteiger partial charge on any atom is -0.466 e. The largest absolute Gasteiger partial charge is 0.466 e. The number of aromatic nitrogens is 2. The number of benzene rings is 2. The fourth-order valence-electron chi connectivity index (χ4n) is 2.91. The third kappa shape index (κ3) is 2.27. The van der Waals surface area contributed by atoms with Gasteiger partial charge in [-0.1, -0.05) is 18.2 Å². The minimum atomic E-state index is -0.614. The summed E-state index contributed by atoms with van der Waals surface area (Å²) < 4.78 is 9.09. The standard InChI is InChI=1S/C18H16BrN3O/c1-11-6-4-7-12-16(11)23-18(2,3)21-17(12)22-10-20-15-13(19)8-5-9-14(15)22/h4-10H,1-3H3. The lowest BCUT2D eigenvalue weighted by atomic mass is 10.1. The van der Waals surface area contributed by atoms with Crippen LogP contribution in [0.2, 0.25) is 0 Å². The lowest BCUT2D eigenvalue weighted by Crippen LogP contribution is -2.34. The van der Waals surface area contributed by atoms with Gasteiger partial charge in [0.05, 0.1) is 11.1 Å². The van der Waals surface area contributed by atoms with Crippen LogP contribution in [0.5, 0.6) is 5.75 Å². The summed E-state index contributed by atoms with van der Waals surface area (Å²) in [7, 11) is 0. The molecule has 0 saturated carbocycles. The van der Waals surface area contributed by atoms with E-state index in [1.165, 1.54) is 0 Å². The number of ether oxygens (including phenoxy) is 1. The highest BCUT2D eigenvalue weighted by Crippen LogP contribution is 2.34. The lowest BCUT2D eigenvalue weighted by Gasteiger charge is -2.31. The van der Waals surface area contributed by atoms with Crippen LogP contribution in [0.25, 0.3) is 11.0 Å². The Morgan fingerprint density at radius 2 is 1.91 bits per heavy atom. The molecule has 0 radical (unpaired) electrons. The van der Waals surface area contributed by atoms with Crippen molar-refractivity contribution in [3.63, 3.8) is 0 Å². The topological polar surface area (TPSA) is 39.4 Å². The first-order chi connectivity index (χ1) is 11.0. The van der Waals surface area contributed by atoms with Crippen molar-refractivity contribution in [1.29, 1.82) is 0 Å². The predicted octanol–water partition coefficient (Wildman–Crippen LogP) is 4.53. The molecule has 0 fully saturated rings. The van der Waals surface area contributed by atoms with E-state index in [9.17, 15) is 0 Å². The van der Waals surface area contributed by atoms with Gasteiger partial charge in [0.2, 0.25) is 0 Å². The number of imidazole rings is 1. The smallest absolute Gasteiger partial charge is 0.196 e. The van der Waals surface area contributed by atoms with Crippen LogP contribution in [0.15, 0.2) is 52.2 Å². The maximum absolute atomic E-state index is 6.08. The molecular weight excluding hydrogens is 354 g/mol. The molecule has 1 aromatic heterocycles. The summed E-state index contributed by atoms with van der Waals surface area (Å²) in [6.07, 6.45) is 1.82. The predicted molar refractivity (Wildman–Crippen MR) is 95.3 cm³/mol. The third-order valence-corrected chi connectivity index (χ3v) is 4.58. The SMILES string of the molecule is Cc1cccc2c1OC(C)(C)N=C2n1cnc2c(Br)cccc21. The first-order valence-corrected chi connectivity index (χ1v) is 8.26. The molecule has 3 aromatic rings. The average Bonchev–Trinajstić information content (AvgIpc) is 2.92. The monoisotopic (exact) mass is 369 g/mol. The highest BCUT2D eigenvalue weighted by atomic mass is 79.9. The second-order valence-corrected chi connectivity index (χ2v) is 7.01. The molecule has 2 heterocycles. The first-order valence-electron chi connectivity index (χ1n) is 7.47. The number of rotatable bonds is 0. The maximum Gasteiger partial charge on any atom is 0.196 e. The summed E-state index contributed by atoms with van der Waals surface area (Å²) >= 11 is 3.56. The molecule has 0 spiro atoms.